The van der Waals surface area contributed by atoms with Crippen LogP contribution in [0.5, 0.6) is 0 Å². The summed E-state index contributed by atoms with van der Waals surface area (Å²) < 4.78 is 5.15. The number of amides is 1. The van der Waals surface area contributed by atoms with Crippen molar-refractivity contribution >= 4 is 23.8 Å². The molecule has 0 aromatic heterocycles. The molecule has 0 saturated heterocycles. The van der Waals surface area contributed by atoms with Crippen LogP contribution in [0.2, 0.25) is 0 Å². The van der Waals surface area contributed by atoms with Gasteiger partial charge in [0.25, 0.3) is 0 Å². The van der Waals surface area contributed by atoms with Gasteiger partial charge in [-0.1, -0.05) is 36.4 Å². The van der Waals surface area contributed by atoms with Gasteiger partial charge in [0.1, 0.15) is 11.6 Å². The maximum absolute atomic E-state index is 13.3. The van der Waals surface area contributed by atoms with Crippen molar-refractivity contribution in [3.05, 3.63) is 70.3 Å². The Bertz CT molecular complexity index is 1040. The fraction of sp³-hybridized carbons (Fsp3) is 0.333. The van der Waals surface area contributed by atoms with Crippen LogP contribution in [0, 0.1) is 0 Å². The first kappa shape index (κ1) is 25.5. The van der Waals surface area contributed by atoms with Crippen molar-refractivity contribution in [1.82, 2.24) is 5.32 Å². The van der Waals surface area contributed by atoms with Crippen LogP contribution in [0.3, 0.4) is 0 Å². The second-order valence-corrected chi connectivity index (χ2v) is 8.45. The monoisotopic (exact) mass is 456 g/mol. The topological polar surface area (TPSA) is 156 Å². The van der Waals surface area contributed by atoms with Gasteiger partial charge in [-0.05, 0) is 49.9 Å². The number of Topliss-reactive ketones (excluding diaryl/α,β-unsaturated/α-hetero) is 1. The predicted molar refractivity (Wildman–Crippen MR) is 120 cm³/mol. The molecule has 0 aliphatic rings. The van der Waals surface area contributed by atoms with E-state index in [9.17, 15) is 29.4 Å². The van der Waals surface area contributed by atoms with Crippen molar-refractivity contribution in [2.75, 3.05) is 0 Å². The molecule has 2 rings (SSSR count). The Morgan fingerprint density at radius 3 is 2.09 bits per heavy atom. The quantitative estimate of drug-likeness (QED) is 0.420. The van der Waals surface area contributed by atoms with Gasteiger partial charge in [0.05, 0.1) is 12.0 Å². The zero-order valence-corrected chi connectivity index (χ0v) is 18.8. The Balaban J connectivity index is 2.51. The minimum absolute atomic E-state index is 0.00857. The molecule has 1 atom stereocenters. The van der Waals surface area contributed by atoms with Gasteiger partial charge in [-0.25, -0.2) is 9.59 Å². The summed E-state index contributed by atoms with van der Waals surface area (Å²) in [6.07, 6.45) is -1.42. The molecular weight excluding hydrogens is 428 g/mol. The number of carboxylic acids is 2. The maximum Gasteiger partial charge on any atom is 0.408 e. The molecule has 176 valence electrons. The van der Waals surface area contributed by atoms with Crippen molar-refractivity contribution in [3.8, 4) is 0 Å². The predicted octanol–water partition coefficient (Wildman–Crippen LogP) is 2.99. The summed E-state index contributed by atoms with van der Waals surface area (Å²) in [5.41, 5.74) is 6.57. The molecule has 1 amide bonds. The lowest BCUT2D eigenvalue weighted by molar-refractivity contribution is -0.137. The zero-order valence-electron chi connectivity index (χ0n) is 18.8. The molecule has 33 heavy (non-hydrogen) atoms. The van der Waals surface area contributed by atoms with E-state index in [0.29, 0.717) is 5.56 Å². The van der Waals surface area contributed by atoms with Crippen LogP contribution in [-0.4, -0.2) is 45.7 Å². The minimum Gasteiger partial charge on any atom is -0.481 e. The van der Waals surface area contributed by atoms with Gasteiger partial charge in [-0.2, -0.15) is 0 Å². The van der Waals surface area contributed by atoms with Crippen LogP contribution in [0.15, 0.2) is 42.5 Å². The first-order chi connectivity index (χ1) is 15.4. The van der Waals surface area contributed by atoms with E-state index in [-0.39, 0.29) is 29.7 Å². The number of hydrogen-bond donors (Lipinski definition) is 4. The van der Waals surface area contributed by atoms with Crippen molar-refractivity contribution < 1.29 is 34.1 Å². The molecule has 0 spiro atoms. The number of carboxylic acid groups (broad SMARTS) is 2. The highest BCUT2D eigenvalue weighted by atomic mass is 16.6. The molecule has 5 N–H and O–H groups in total. The largest absolute Gasteiger partial charge is 0.481 e. The summed E-state index contributed by atoms with van der Waals surface area (Å²) in [5, 5.41) is 21.3. The Labute approximate surface area is 191 Å². The smallest absolute Gasteiger partial charge is 0.408 e. The van der Waals surface area contributed by atoms with E-state index in [0.717, 1.165) is 5.56 Å². The third kappa shape index (κ3) is 7.15. The highest BCUT2D eigenvalue weighted by Crippen LogP contribution is 2.25. The number of hydrogen-bond acceptors (Lipinski definition) is 6. The van der Waals surface area contributed by atoms with Crippen LogP contribution in [0.4, 0.5) is 4.79 Å². The van der Waals surface area contributed by atoms with Crippen LogP contribution in [-0.2, 0) is 22.5 Å². The van der Waals surface area contributed by atoms with E-state index in [1.54, 1.807) is 32.9 Å². The van der Waals surface area contributed by atoms with Gasteiger partial charge in [0, 0.05) is 12.1 Å². The standard InChI is InChI=1S/C24H28N2O7/c1-24(2,3)33-23(32)26-19(12-20(27)28)21(29)15-9-10-16(22(30)31)17(18(15)13-25)11-14-7-5-4-6-8-14/h4-10,19H,11-13,25H2,1-3H3,(H,26,32)(H,27,28)(H,30,31)/t19-/m0/s1. The van der Waals surface area contributed by atoms with Crippen molar-refractivity contribution in [1.29, 1.82) is 0 Å². The Kier molecular flexibility index (Phi) is 8.31. The normalized spacial score (nSPS) is 12.0. The third-order valence-corrected chi connectivity index (χ3v) is 4.74. The van der Waals surface area contributed by atoms with Gasteiger partial charge < -0.3 is 26.0 Å². The van der Waals surface area contributed by atoms with Crippen molar-refractivity contribution in [2.24, 2.45) is 5.73 Å². The molecule has 0 bridgehead atoms. The summed E-state index contributed by atoms with van der Waals surface area (Å²) in [5.74, 6) is -3.18. The Morgan fingerprint density at radius 1 is 0.970 bits per heavy atom. The second-order valence-electron chi connectivity index (χ2n) is 8.45. The number of aromatic carboxylic acids is 1. The average Bonchev–Trinajstić information content (AvgIpc) is 2.71. The number of aliphatic carboxylic acids is 1. The highest BCUT2D eigenvalue weighted by molar-refractivity contribution is 6.05. The van der Waals surface area contributed by atoms with Gasteiger partial charge in [-0.3, -0.25) is 9.59 Å². The number of ether oxygens (including phenoxy) is 1. The maximum atomic E-state index is 13.3. The molecule has 0 radical (unpaired) electrons. The summed E-state index contributed by atoms with van der Waals surface area (Å²) in [6, 6.07) is 10.2. The van der Waals surface area contributed by atoms with Gasteiger partial charge in [-0.15, -0.1) is 0 Å². The van der Waals surface area contributed by atoms with E-state index in [2.05, 4.69) is 5.32 Å². The molecule has 2 aromatic carbocycles. The number of ketones is 1. The number of nitrogens with two attached hydrogens (primary N) is 1. The molecular formula is C24H28N2O7. The third-order valence-electron chi connectivity index (χ3n) is 4.74. The van der Waals surface area contributed by atoms with E-state index in [1.165, 1.54) is 12.1 Å². The molecule has 0 fully saturated rings. The summed E-state index contributed by atoms with van der Waals surface area (Å²) in [6.45, 7) is 4.74. The lowest BCUT2D eigenvalue weighted by Crippen LogP contribution is -2.45. The number of carbonyl (C=O) groups excluding carboxylic acids is 2. The van der Waals surface area contributed by atoms with Crippen LogP contribution in [0.25, 0.3) is 0 Å². The fourth-order valence-electron chi connectivity index (χ4n) is 3.38. The van der Waals surface area contributed by atoms with Gasteiger partial charge in [0.2, 0.25) is 0 Å². The second kappa shape index (κ2) is 10.7. The van der Waals surface area contributed by atoms with Crippen molar-refractivity contribution in [3.63, 3.8) is 0 Å². The van der Waals surface area contributed by atoms with Gasteiger partial charge >= 0.3 is 18.0 Å². The van der Waals surface area contributed by atoms with Crippen LogP contribution >= 0.6 is 0 Å². The fourth-order valence-corrected chi connectivity index (χ4v) is 3.38. The lowest BCUT2D eigenvalue weighted by Gasteiger charge is -2.23. The number of alkyl carbamates (subject to hydrolysis) is 1. The van der Waals surface area contributed by atoms with Crippen molar-refractivity contribution in [2.45, 2.75) is 51.8 Å². The van der Waals surface area contributed by atoms with E-state index >= 15 is 0 Å². The Morgan fingerprint density at radius 2 is 1.58 bits per heavy atom. The van der Waals surface area contributed by atoms with Crippen LogP contribution < -0.4 is 11.1 Å². The number of carbonyl (C=O) groups is 4. The molecule has 0 heterocycles. The lowest BCUT2D eigenvalue weighted by atomic mass is 9.87. The minimum atomic E-state index is -1.43. The average molecular weight is 456 g/mol. The van der Waals surface area contributed by atoms with E-state index < -0.39 is 41.9 Å². The van der Waals surface area contributed by atoms with E-state index in [4.69, 9.17) is 10.5 Å². The van der Waals surface area contributed by atoms with Gasteiger partial charge in [0.15, 0.2) is 5.78 Å². The molecule has 0 unspecified atom stereocenters. The number of rotatable bonds is 9. The first-order valence-electron chi connectivity index (χ1n) is 10.3. The zero-order chi connectivity index (χ0) is 24.8. The molecule has 0 aliphatic carbocycles. The summed E-state index contributed by atoms with van der Waals surface area (Å²) >= 11 is 0. The number of benzene rings is 2. The molecule has 0 aliphatic heterocycles. The molecule has 0 saturated carbocycles. The van der Waals surface area contributed by atoms with E-state index in [1.807, 2.05) is 18.2 Å². The number of nitrogens with one attached hydrogen (secondary N) is 1. The first-order valence-corrected chi connectivity index (χ1v) is 10.3. The SMILES string of the molecule is CC(C)(C)OC(=O)N[C@@H](CC(=O)O)C(=O)c1ccc(C(=O)O)c(Cc2ccccc2)c1CN. The van der Waals surface area contributed by atoms with Crippen LogP contribution in [0.1, 0.15) is 64.6 Å². The highest BCUT2D eigenvalue weighted by Gasteiger charge is 2.30. The molecule has 9 nitrogen and oxygen atoms in total. The summed E-state index contributed by atoms with van der Waals surface area (Å²) in [4.78, 5) is 48.7. The molecule has 9 heteroatoms. The Hall–Kier alpha value is -3.72. The summed E-state index contributed by atoms with van der Waals surface area (Å²) in [7, 11) is 0. The molecule has 2 aromatic rings.